The Labute approximate surface area is 125 Å². The lowest BCUT2D eigenvalue weighted by Crippen LogP contribution is -2.14. The number of benzene rings is 2. The van der Waals surface area contributed by atoms with E-state index in [9.17, 15) is 0 Å². The normalized spacial score (nSPS) is 11.4. The molecule has 0 amide bonds. The van der Waals surface area contributed by atoms with Gasteiger partial charge in [0.15, 0.2) is 0 Å². The molecule has 108 valence electrons. The van der Waals surface area contributed by atoms with Crippen molar-refractivity contribution in [1.82, 2.24) is 0 Å². The van der Waals surface area contributed by atoms with Gasteiger partial charge in [-0.05, 0) is 36.2 Å². The number of ether oxygens (including phenoxy) is 2. The van der Waals surface area contributed by atoms with Crippen LogP contribution in [0.2, 0.25) is 0 Å². The van der Waals surface area contributed by atoms with E-state index < -0.39 is 0 Å². The number of nitrogens with zero attached hydrogens (tertiary/aromatic N) is 1. The average molecular weight is 281 g/mol. The van der Waals surface area contributed by atoms with Crippen molar-refractivity contribution in [3.63, 3.8) is 0 Å². The monoisotopic (exact) mass is 281 g/mol. The highest BCUT2D eigenvalue weighted by molar-refractivity contribution is 5.31. The van der Waals surface area contributed by atoms with Crippen LogP contribution < -0.4 is 9.47 Å². The van der Waals surface area contributed by atoms with Crippen molar-refractivity contribution >= 4 is 0 Å². The zero-order valence-corrected chi connectivity index (χ0v) is 12.2. The Bertz CT molecular complexity index is 572. The molecule has 2 aromatic rings. The van der Waals surface area contributed by atoms with E-state index in [0.29, 0.717) is 13.0 Å². The van der Waals surface area contributed by atoms with E-state index in [2.05, 4.69) is 6.07 Å². The predicted octanol–water partition coefficient (Wildman–Crippen LogP) is 4.34. The first kappa shape index (κ1) is 14.9. The lowest BCUT2D eigenvalue weighted by molar-refractivity contribution is 0.202. The molecule has 21 heavy (non-hydrogen) atoms. The number of hydrogen-bond acceptors (Lipinski definition) is 3. The summed E-state index contributed by atoms with van der Waals surface area (Å²) < 4.78 is 11.5. The van der Waals surface area contributed by atoms with Crippen molar-refractivity contribution < 1.29 is 9.47 Å². The smallest absolute Gasteiger partial charge is 0.120 e. The quantitative estimate of drug-likeness (QED) is 0.758. The molecule has 0 aromatic heterocycles. The molecule has 0 aliphatic carbocycles. The largest absolute Gasteiger partial charge is 0.489 e. The summed E-state index contributed by atoms with van der Waals surface area (Å²) in [4.78, 5) is 0. The first-order valence-electron chi connectivity index (χ1n) is 7.12. The van der Waals surface area contributed by atoms with Crippen LogP contribution in [0.5, 0.6) is 11.5 Å². The second-order valence-electron chi connectivity index (χ2n) is 4.76. The first-order chi connectivity index (χ1) is 10.3. The van der Waals surface area contributed by atoms with Gasteiger partial charge in [0.25, 0.3) is 0 Å². The Morgan fingerprint density at radius 3 is 2.29 bits per heavy atom. The fourth-order valence-electron chi connectivity index (χ4n) is 1.92. The summed E-state index contributed by atoms with van der Waals surface area (Å²) in [7, 11) is 0. The molecule has 0 aliphatic heterocycles. The molecule has 0 bridgehead atoms. The van der Waals surface area contributed by atoms with Crippen LogP contribution >= 0.6 is 0 Å². The van der Waals surface area contributed by atoms with Gasteiger partial charge in [0.05, 0.1) is 12.5 Å². The van der Waals surface area contributed by atoms with E-state index in [0.717, 1.165) is 23.5 Å². The topological polar surface area (TPSA) is 42.2 Å². The van der Waals surface area contributed by atoms with E-state index in [4.69, 9.17) is 14.7 Å². The molecule has 1 unspecified atom stereocenters. The lowest BCUT2D eigenvalue weighted by atomic mass is 10.2. The van der Waals surface area contributed by atoms with Gasteiger partial charge in [-0.25, -0.2) is 0 Å². The molecule has 0 spiro atoms. The van der Waals surface area contributed by atoms with Crippen LogP contribution in [0.1, 0.15) is 25.3 Å². The zero-order valence-electron chi connectivity index (χ0n) is 12.2. The Morgan fingerprint density at radius 2 is 1.67 bits per heavy atom. The van der Waals surface area contributed by atoms with Crippen LogP contribution in [0, 0.1) is 11.3 Å². The van der Waals surface area contributed by atoms with Gasteiger partial charge < -0.3 is 9.47 Å². The molecular formula is C18H19NO2. The highest BCUT2D eigenvalue weighted by Crippen LogP contribution is 2.20. The third kappa shape index (κ3) is 4.85. The van der Waals surface area contributed by atoms with E-state index in [-0.39, 0.29) is 6.10 Å². The number of nitriles is 1. The molecule has 0 saturated heterocycles. The molecule has 3 heteroatoms. The van der Waals surface area contributed by atoms with Crippen molar-refractivity contribution in [1.29, 1.82) is 5.26 Å². The molecule has 2 aromatic carbocycles. The van der Waals surface area contributed by atoms with Gasteiger partial charge >= 0.3 is 0 Å². The minimum Gasteiger partial charge on any atom is -0.489 e. The molecule has 0 fully saturated rings. The van der Waals surface area contributed by atoms with Gasteiger partial charge in [-0.2, -0.15) is 5.26 Å². The van der Waals surface area contributed by atoms with Crippen LogP contribution in [-0.4, -0.2) is 6.10 Å². The van der Waals surface area contributed by atoms with E-state index >= 15 is 0 Å². The summed E-state index contributed by atoms with van der Waals surface area (Å²) in [6.45, 7) is 2.56. The van der Waals surface area contributed by atoms with Crippen LogP contribution in [-0.2, 0) is 6.61 Å². The molecule has 0 heterocycles. The molecular weight excluding hydrogens is 262 g/mol. The summed E-state index contributed by atoms with van der Waals surface area (Å²) in [6.07, 6.45) is 1.17. The molecule has 0 N–H and O–H groups in total. The Balaban J connectivity index is 1.88. The fraction of sp³-hybridized carbons (Fsp3) is 0.278. The molecule has 0 radical (unpaired) electrons. The summed E-state index contributed by atoms with van der Waals surface area (Å²) in [5, 5.41) is 8.72. The van der Waals surface area contributed by atoms with Crippen molar-refractivity contribution in [2.75, 3.05) is 0 Å². The zero-order chi connectivity index (χ0) is 14.9. The van der Waals surface area contributed by atoms with E-state index in [1.54, 1.807) is 0 Å². The highest BCUT2D eigenvalue weighted by Gasteiger charge is 2.07. The van der Waals surface area contributed by atoms with Crippen LogP contribution in [0.4, 0.5) is 0 Å². The molecule has 0 saturated carbocycles. The van der Waals surface area contributed by atoms with Gasteiger partial charge in [0, 0.05) is 0 Å². The maximum Gasteiger partial charge on any atom is 0.120 e. The highest BCUT2D eigenvalue weighted by atomic mass is 16.5. The van der Waals surface area contributed by atoms with Gasteiger partial charge in [-0.3, -0.25) is 0 Å². The van der Waals surface area contributed by atoms with Gasteiger partial charge in [-0.1, -0.05) is 37.3 Å². The maximum atomic E-state index is 8.72. The maximum absolute atomic E-state index is 8.72. The summed E-state index contributed by atoms with van der Waals surface area (Å²) >= 11 is 0. The van der Waals surface area contributed by atoms with Crippen LogP contribution in [0.3, 0.4) is 0 Å². The first-order valence-corrected chi connectivity index (χ1v) is 7.12. The molecule has 2 rings (SSSR count). The third-order valence-corrected chi connectivity index (χ3v) is 3.15. The van der Waals surface area contributed by atoms with Crippen molar-refractivity contribution in [3.05, 3.63) is 60.2 Å². The average Bonchev–Trinajstić information content (AvgIpc) is 2.54. The van der Waals surface area contributed by atoms with Crippen LogP contribution in [0.25, 0.3) is 0 Å². The Hall–Kier alpha value is -2.47. The third-order valence-electron chi connectivity index (χ3n) is 3.15. The van der Waals surface area contributed by atoms with Crippen molar-refractivity contribution in [2.45, 2.75) is 32.5 Å². The van der Waals surface area contributed by atoms with Crippen molar-refractivity contribution in [3.8, 4) is 17.6 Å². The number of rotatable bonds is 7. The lowest BCUT2D eigenvalue weighted by Gasteiger charge is -2.15. The second kappa shape index (κ2) is 7.96. The minimum atomic E-state index is -0.0499. The predicted molar refractivity (Wildman–Crippen MR) is 82.2 cm³/mol. The molecule has 0 aliphatic rings. The van der Waals surface area contributed by atoms with Crippen molar-refractivity contribution in [2.24, 2.45) is 0 Å². The van der Waals surface area contributed by atoms with Crippen LogP contribution in [0.15, 0.2) is 54.6 Å². The summed E-state index contributed by atoms with van der Waals surface area (Å²) in [5.74, 6) is 1.57. The van der Waals surface area contributed by atoms with Gasteiger partial charge in [0.1, 0.15) is 24.2 Å². The Kier molecular flexibility index (Phi) is 5.66. The second-order valence-corrected chi connectivity index (χ2v) is 4.76. The van der Waals surface area contributed by atoms with E-state index in [1.807, 2.05) is 61.5 Å². The SMILES string of the molecule is CCC(CC#N)Oc1ccc(OCc2ccccc2)cc1. The van der Waals surface area contributed by atoms with Gasteiger partial charge in [-0.15, -0.1) is 0 Å². The minimum absolute atomic E-state index is 0.0499. The van der Waals surface area contributed by atoms with E-state index in [1.165, 1.54) is 0 Å². The standard InChI is InChI=1S/C18H19NO2/c1-2-16(12-13-19)21-18-10-8-17(9-11-18)20-14-15-6-4-3-5-7-15/h3-11,16H,2,12,14H2,1H3. The number of hydrogen-bond donors (Lipinski definition) is 0. The molecule has 3 nitrogen and oxygen atoms in total. The summed E-state index contributed by atoms with van der Waals surface area (Å²) in [5.41, 5.74) is 1.14. The van der Waals surface area contributed by atoms with Gasteiger partial charge in [0.2, 0.25) is 0 Å². The Morgan fingerprint density at radius 1 is 1.00 bits per heavy atom. The fourth-order valence-corrected chi connectivity index (χ4v) is 1.92. The molecule has 1 atom stereocenters. The summed E-state index contributed by atoms with van der Waals surface area (Å²) in [6, 6.07) is 19.7.